The first-order valence-electron chi connectivity index (χ1n) is 6.22. The van der Waals surface area contributed by atoms with Gasteiger partial charge in [0.05, 0.1) is 0 Å². The Morgan fingerprint density at radius 3 is 2.44 bits per heavy atom. The molecule has 0 saturated heterocycles. The molecule has 0 aromatic heterocycles. The molecule has 16 heavy (non-hydrogen) atoms. The molecular formula is C16H20. The molecule has 2 aromatic carbocycles. The monoisotopic (exact) mass is 212 g/mol. The fourth-order valence-electron chi connectivity index (χ4n) is 2.43. The maximum absolute atomic E-state index is 2.31. The van der Waals surface area contributed by atoms with Crippen LogP contribution in [0.4, 0.5) is 0 Å². The maximum atomic E-state index is 2.31. The highest BCUT2D eigenvalue weighted by atomic mass is 14.1. The summed E-state index contributed by atoms with van der Waals surface area (Å²) in [5.74, 6) is 0.728. The maximum Gasteiger partial charge on any atom is -0.0149 e. The van der Waals surface area contributed by atoms with Gasteiger partial charge in [0, 0.05) is 0 Å². The summed E-state index contributed by atoms with van der Waals surface area (Å²) in [5.41, 5.74) is 3.06. The van der Waals surface area contributed by atoms with E-state index in [2.05, 4.69) is 57.2 Å². The summed E-state index contributed by atoms with van der Waals surface area (Å²) in [6.45, 7) is 6.83. The van der Waals surface area contributed by atoms with Crippen molar-refractivity contribution in [2.45, 2.75) is 33.6 Å². The topological polar surface area (TPSA) is 0 Å². The largest absolute Gasteiger partial charge is 0.0625 e. The predicted octanol–water partition coefficient (Wildman–Crippen LogP) is 4.60. The molecule has 0 heteroatoms. The molecule has 0 aliphatic heterocycles. The van der Waals surface area contributed by atoms with Crippen LogP contribution < -0.4 is 0 Å². The molecule has 0 bridgehead atoms. The zero-order valence-corrected chi connectivity index (χ0v) is 10.5. The van der Waals surface area contributed by atoms with Crippen molar-refractivity contribution >= 4 is 10.8 Å². The van der Waals surface area contributed by atoms with E-state index in [0.717, 1.165) is 12.3 Å². The minimum atomic E-state index is 0.728. The van der Waals surface area contributed by atoms with Crippen molar-refractivity contribution in [2.75, 3.05) is 0 Å². The number of aryl methyl sites for hydroxylation is 1. The summed E-state index contributed by atoms with van der Waals surface area (Å²) in [6.07, 6.45) is 2.32. The minimum Gasteiger partial charge on any atom is -0.0625 e. The molecule has 0 N–H and O–H groups in total. The number of benzene rings is 2. The molecule has 0 atom stereocenters. The van der Waals surface area contributed by atoms with Gasteiger partial charge in [-0.1, -0.05) is 57.2 Å². The lowest BCUT2D eigenvalue weighted by atomic mass is 9.92. The van der Waals surface area contributed by atoms with Crippen molar-refractivity contribution < 1.29 is 0 Å². The molecule has 0 spiro atoms. The number of fused-ring (bicyclic) bond motifs is 1. The Balaban J connectivity index is 2.58. The van der Waals surface area contributed by atoms with Crippen LogP contribution in [-0.2, 0) is 12.8 Å². The molecule has 0 aliphatic carbocycles. The third kappa shape index (κ3) is 2.11. The van der Waals surface area contributed by atoms with Gasteiger partial charge in [-0.15, -0.1) is 0 Å². The Labute approximate surface area is 98.3 Å². The molecule has 0 aliphatic rings. The van der Waals surface area contributed by atoms with E-state index in [-0.39, 0.29) is 0 Å². The van der Waals surface area contributed by atoms with E-state index in [1.165, 1.54) is 28.3 Å². The van der Waals surface area contributed by atoms with Crippen LogP contribution in [0.5, 0.6) is 0 Å². The van der Waals surface area contributed by atoms with Crippen LogP contribution in [-0.4, -0.2) is 0 Å². The number of hydrogen-bond acceptors (Lipinski definition) is 0. The van der Waals surface area contributed by atoms with Crippen LogP contribution in [0.3, 0.4) is 0 Å². The van der Waals surface area contributed by atoms with Gasteiger partial charge in [-0.2, -0.15) is 0 Å². The van der Waals surface area contributed by atoms with Crippen molar-refractivity contribution in [1.29, 1.82) is 0 Å². The highest BCUT2D eigenvalue weighted by Gasteiger charge is 2.06. The fraction of sp³-hybridized carbons (Fsp3) is 0.375. The lowest BCUT2D eigenvalue weighted by Crippen LogP contribution is -1.99. The van der Waals surface area contributed by atoms with Crippen LogP contribution in [0, 0.1) is 5.92 Å². The molecule has 0 unspecified atom stereocenters. The van der Waals surface area contributed by atoms with E-state index >= 15 is 0 Å². The average Bonchev–Trinajstić information content (AvgIpc) is 2.28. The molecule has 0 radical (unpaired) electrons. The summed E-state index contributed by atoms with van der Waals surface area (Å²) in [6, 6.07) is 13.3. The molecule has 0 fully saturated rings. The third-order valence-corrected chi connectivity index (χ3v) is 3.12. The summed E-state index contributed by atoms with van der Waals surface area (Å²) in [7, 11) is 0. The molecule has 0 saturated carbocycles. The highest BCUT2D eigenvalue weighted by molar-refractivity contribution is 5.86. The molecule has 2 rings (SSSR count). The van der Waals surface area contributed by atoms with Crippen molar-refractivity contribution in [2.24, 2.45) is 5.92 Å². The molecule has 84 valence electrons. The standard InChI is InChI=1S/C16H20/c1-4-15-14(11-12(2)3)10-9-13-7-5-6-8-16(13)15/h5-10,12H,4,11H2,1-3H3. The van der Waals surface area contributed by atoms with Gasteiger partial charge < -0.3 is 0 Å². The van der Waals surface area contributed by atoms with Crippen molar-refractivity contribution in [3.05, 3.63) is 47.5 Å². The summed E-state index contributed by atoms with van der Waals surface area (Å²) < 4.78 is 0. The zero-order chi connectivity index (χ0) is 11.5. The third-order valence-electron chi connectivity index (χ3n) is 3.12. The Hall–Kier alpha value is -1.30. The fourth-order valence-corrected chi connectivity index (χ4v) is 2.43. The number of hydrogen-bond donors (Lipinski definition) is 0. The Kier molecular flexibility index (Phi) is 3.28. The van der Waals surface area contributed by atoms with Gasteiger partial charge in [0.25, 0.3) is 0 Å². The van der Waals surface area contributed by atoms with Crippen molar-refractivity contribution in [3.63, 3.8) is 0 Å². The van der Waals surface area contributed by atoms with Crippen LogP contribution in [0.25, 0.3) is 10.8 Å². The van der Waals surface area contributed by atoms with Crippen LogP contribution in [0.1, 0.15) is 31.9 Å². The van der Waals surface area contributed by atoms with Crippen LogP contribution >= 0.6 is 0 Å². The normalized spacial score (nSPS) is 11.2. The second kappa shape index (κ2) is 4.69. The first kappa shape index (κ1) is 11.2. The molecule has 0 nitrogen and oxygen atoms in total. The molecule has 0 amide bonds. The van der Waals surface area contributed by atoms with Crippen LogP contribution in [0.15, 0.2) is 36.4 Å². The zero-order valence-electron chi connectivity index (χ0n) is 10.5. The quantitative estimate of drug-likeness (QED) is 0.697. The van der Waals surface area contributed by atoms with E-state index in [9.17, 15) is 0 Å². The van der Waals surface area contributed by atoms with Gasteiger partial charge >= 0.3 is 0 Å². The van der Waals surface area contributed by atoms with Crippen LogP contribution in [0.2, 0.25) is 0 Å². The predicted molar refractivity (Wildman–Crippen MR) is 71.9 cm³/mol. The van der Waals surface area contributed by atoms with E-state index < -0.39 is 0 Å². The first-order valence-corrected chi connectivity index (χ1v) is 6.22. The van der Waals surface area contributed by atoms with Gasteiger partial charge in [-0.3, -0.25) is 0 Å². The molecular weight excluding hydrogens is 192 g/mol. The van der Waals surface area contributed by atoms with Crippen molar-refractivity contribution in [3.8, 4) is 0 Å². The van der Waals surface area contributed by atoms with Gasteiger partial charge in [0.15, 0.2) is 0 Å². The van der Waals surface area contributed by atoms with Gasteiger partial charge in [0.1, 0.15) is 0 Å². The van der Waals surface area contributed by atoms with Gasteiger partial charge in [-0.05, 0) is 40.7 Å². The van der Waals surface area contributed by atoms with Gasteiger partial charge in [0.2, 0.25) is 0 Å². The first-order chi connectivity index (χ1) is 7.72. The van der Waals surface area contributed by atoms with Gasteiger partial charge in [-0.25, -0.2) is 0 Å². The SMILES string of the molecule is CCc1c(CC(C)C)ccc2ccccc12. The molecule has 2 aromatic rings. The average molecular weight is 212 g/mol. The van der Waals surface area contributed by atoms with E-state index in [1.807, 2.05) is 0 Å². The second-order valence-electron chi connectivity index (χ2n) is 4.88. The smallest absolute Gasteiger partial charge is 0.0149 e. The lowest BCUT2D eigenvalue weighted by Gasteiger charge is -2.13. The van der Waals surface area contributed by atoms with E-state index in [4.69, 9.17) is 0 Å². The highest BCUT2D eigenvalue weighted by Crippen LogP contribution is 2.24. The summed E-state index contributed by atoms with van der Waals surface area (Å²) >= 11 is 0. The second-order valence-corrected chi connectivity index (χ2v) is 4.88. The Bertz CT molecular complexity index is 480. The van der Waals surface area contributed by atoms with E-state index in [0.29, 0.717) is 0 Å². The summed E-state index contributed by atoms with van der Waals surface area (Å²) in [4.78, 5) is 0. The lowest BCUT2D eigenvalue weighted by molar-refractivity contribution is 0.644. The Morgan fingerprint density at radius 1 is 1.00 bits per heavy atom. The minimum absolute atomic E-state index is 0.728. The number of rotatable bonds is 3. The van der Waals surface area contributed by atoms with E-state index in [1.54, 1.807) is 0 Å². The summed E-state index contributed by atoms with van der Waals surface area (Å²) in [5, 5.41) is 2.80. The molecule has 0 heterocycles. The van der Waals surface area contributed by atoms with Crippen molar-refractivity contribution in [1.82, 2.24) is 0 Å². The Morgan fingerprint density at radius 2 is 1.75 bits per heavy atom.